The van der Waals surface area contributed by atoms with Crippen molar-refractivity contribution in [2.24, 2.45) is 0 Å². The fraction of sp³-hybridized carbons (Fsp3) is 0.571. The van der Waals surface area contributed by atoms with Gasteiger partial charge in [0.25, 0.3) is 0 Å². The predicted molar refractivity (Wildman–Crippen MR) is 86.3 cm³/mol. The van der Waals surface area contributed by atoms with E-state index in [9.17, 15) is 9.59 Å². The van der Waals surface area contributed by atoms with Crippen molar-refractivity contribution >= 4 is 43.8 Å². The maximum absolute atomic E-state index is 11.3. The van der Waals surface area contributed by atoms with E-state index in [1.807, 2.05) is 0 Å². The lowest BCUT2D eigenvalue weighted by molar-refractivity contribution is -0.140. The number of esters is 2. The number of carbonyl (C=O) groups excluding carboxylic acids is 2. The Hall–Kier alpha value is -0.620. The number of carbonyl (C=O) groups is 2. The minimum absolute atomic E-state index is 0.357. The van der Waals surface area contributed by atoms with Crippen molar-refractivity contribution in [3.63, 3.8) is 0 Å². The average molecular weight is 412 g/mol. The minimum atomic E-state index is -0.357. The maximum atomic E-state index is 11.3. The highest BCUT2D eigenvalue weighted by atomic mass is 79.9. The van der Waals surface area contributed by atoms with Crippen molar-refractivity contribution < 1.29 is 19.1 Å². The van der Waals surface area contributed by atoms with Gasteiger partial charge in [-0.25, -0.2) is 9.59 Å². The van der Waals surface area contributed by atoms with Gasteiger partial charge in [0.1, 0.15) is 0 Å². The Bertz CT molecular complexity index is 319. The molecular weight excluding hydrogens is 392 g/mol. The molecule has 0 spiro atoms. The molecule has 0 rings (SSSR count). The smallest absolute Gasteiger partial charge is 0.334 e. The topological polar surface area (TPSA) is 52.6 Å². The van der Waals surface area contributed by atoms with Gasteiger partial charge in [-0.3, -0.25) is 0 Å². The zero-order valence-electron chi connectivity index (χ0n) is 11.5. The number of ether oxygens (including phenoxy) is 2. The molecule has 0 saturated carbocycles. The van der Waals surface area contributed by atoms with Crippen molar-refractivity contribution in [2.45, 2.75) is 25.7 Å². The Morgan fingerprint density at radius 2 is 1.10 bits per heavy atom. The molecule has 114 valence electrons. The molecule has 0 heterocycles. The molecular formula is C14H20Br2O4. The molecule has 0 aliphatic carbocycles. The first-order valence-electron chi connectivity index (χ1n) is 6.34. The summed E-state index contributed by atoms with van der Waals surface area (Å²) in [6.07, 6.45) is 3.43. The largest absolute Gasteiger partial charge is 0.462 e. The molecule has 0 aromatic heterocycles. The van der Waals surface area contributed by atoms with Gasteiger partial charge in [0.05, 0.1) is 13.2 Å². The van der Waals surface area contributed by atoms with Crippen LogP contribution in [0.1, 0.15) is 25.7 Å². The van der Waals surface area contributed by atoms with Crippen molar-refractivity contribution in [3.8, 4) is 0 Å². The third-order valence-electron chi connectivity index (χ3n) is 2.40. The number of hydrogen-bond acceptors (Lipinski definition) is 4. The van der Waals surface area contributed by atoms with Crippen LogP contribution in [-0.2, 0) is 19.1 Å². The van der Waals surface area contributed by atoms with Gasteiger partial charge in [-0.1, -0.05) is 45.0 Å². The third-order valence-corrected chi connectivity index (χ3v) is 3.76. The summed E-state index contributed by atoms with van der Waals surface area (Å²) in [6.45, 7) is 7.93. The van der Waals surface area contributed by atoms with E-state index < -0.39 is 0 Å². The van der Waals surface area contributed by atoms with E-state index in [-0.39, 0.29) is 11.9 Å². The SMILES string of the molecule is C=C(CBr)C(=O)OCCCCCCOC(=O)C(=C)CBr. The fourth-order valence-electron chi connectivity index (χ4n) is 1.20. The van der Waals surface area contributed by atoms with Crippen molar-refractivity contribution in [3.05, 3.63) is 24.3 Å². The van der Waals surface area contributed by atoms with Crippen molar-refractivity contribution in [1.29, 1.82) is 0 Å². The average Bonchev–Trinajstić information content (AvgIpc) is 2.47. The molecule has 0 aliphatic heterocycles. The Morgan fingerprint density at radius 3 is 1.40 bits per heavy atom. The van der Waals surface area contributed by atoms with Gasteiger partial charge in [-0.15, -0.1) is 0 Å². The van der Waals surface area contributed by atoms with Crippen LogP contribution in [0.5, 0.6) is 0 Å². The van der Waals surface area contributed by atoms with Crippen LogP contribution in [0.2, 0.25) is 0 Å². The second kappa shape index (κ2) is 12.1. The number of halogens is 2. The van der Waals surface area contributed by atoms with E-state index in [1.54, 1.807) is 0 Å². The lowest BCUT2D eigenvalue weighted by atomic mass is 10.2. The molecule has 4 nitrogen and oxygen atoms in total. The second-order valence-electron chi connectivity index (χ2n) is 4.16. The number of unbranched alkanes of at least 4 members (excludes halogenated alkanes) is 3. The summed E-state index contributed by atoms with van der Waals surface area (Å²) in [5.41, 5.74) is 0.841. The Labute approximate surface area is 136 Å². The zero-order valence-corrected chi connectivity index (χ0v) is 14.6. The van der Waals surface area contributed by atoms with Gasteiger partial charge in [-0.2, -0.15) is 0 Å². The second-order valence-corrected chi connectivity index (χ2v) is 5.28. The van der Waals surface area contributed by atoms with Gasteiger partial charge in [0.2, 0.25) is 0 Å². The minimum Gasteiger partial charge on any atom is -0.462 e. The zero-order chi connectivity index (χ0) is 15.4. The van der Waals surface area contributed by atoms with Crippen LogP contribution >= 0.6 is 31.9 Å². The molecule has 0 N–H and O–H groups in total. The van der Waals surface area contributed by atoms with Crippen LogP contribution in [-0.4, -0.2) is 35.8 Å². The molecule has 0 aliphatic rings. The standard InChI is InChI=1S/C14H20Br2O4/c1-11(9-15)13(17)19-7-5-3-4-6-8-20-14(18)12(2)10-16/h1-10H2. The molecule has 0 bridgehead atoms. The summed E-state index contributed by atoms with van der Waals surface area (Å²) < 4.78 is 10.0. The first kappa shape index (κ1) is 19.4. The highest BCUT2D eigenvalue weighted by molar-refractivity contribution is 9.09. The Balaban J connectivity index is 3.42. The number of alkyl halides is 2. The third kappa shape index (κ3) is 9.31. The van der Waals surface area contributed by atoms with Crippen LogP contribution in [0, 0.1) is 0 Å². The van der Waals surface area contributed by atoms with E-state index in [0.29, 0.717) is 35.0 Å². The molecule has 0 aromatic rings. The number of rotatable bonds is 11. The molecule has 0 aromatic carbocycles. The summed E-state index contributed by atoms with van der Waals surface area (Å²) in [5, 5.41) is 0.855. The van der Waals surface area contributed by atoms with Crippen molar-refractivity contribution in [1.82, 2.24) is 0 Å². The van der Waals surface area contributed by atoms with E-state index in [1.165, 1.54) is 0 Å². The molecule has 0 fully saturated rings. The molecule has 0 unspecified atom stereocenters. The van der Waals surface area contributed by atoms with Crippen LogP contribution in [0.3, 0.4) is 0 Å². The normalized spacial score (nSPS) is 9.90. The van der Waals surface area contributed by atoms with E-state index in [4.69, 9.17) is 9.47 Å². The first-order chi connectivity index (χ1) is 9.52. The van der Waals surface area contributed by atoms with Crippen LogP contribution in [0.15, 0.2) is 24.3 Å². The Kier molecular flexibility index (Phi) is 11.8. The fourth-order valence-corrected chi connectivity index (χ4v) is 1.66. The summed E-state index contributed by atoms with van der Waals surface area (Å²) in [6, 6.07) is 0. The highest BCUT2D eigenvalue weighted by Crippen LogP contribution is 2.05. The van der Waals surface area contributed by atoms with Gasteiger partial charge >= 0.3 is 11.9 Å². The summed E-state index contributed by atoms with van der Waals surface area (Å²) in [5.74, 6) is -0.715. The lowest BCUT2D eigenvalue weighted by Gasteiger charge is -2.06. The van der Waals surface area contributed by atoms with E-state index >= 15 is 0 Å². The highest BCUT2D eigenvalue weighted by Gasteiger charge is 2.07. The lowest BCUT2D eigenvalue weighted by Crippen LogP contribution is -2.10. The Morgan fingerprint density at radius 1 is 0.750 bits per heavy atom. The molecule has 0 saturated heterocycles. The summed E-state index contributed by atoms with van der Waals surface area (Å²) in [7, 11) is 0. The quantitative estimate of drug-likeness (QED) is 0.226. The summed E-state index contributed by atoms with van der Waals surface area (Å²) in [4.78, 5) is 22.5. The maximum Gasteiger partial charge on any atom is 0.334 e. The molecule has 0 amide bonds. The van der Waals surface area contributed by atoms with Crippen LogP contribution in [0.25, 0.3) is 0 Å². The molecule has 0 radical (unpaired) electrons. The van der Waals surface area contributed by atoms with E-state index in [2.05, 4.69) is 45.0 Å². The molecule has 0 atom stereocenters. The van der Waals surface area contributed by atoms with Crippen molar-refractivity contribution in [2.75, 3.05) is 23.9 Å². The molecule has 6 heteroatoms. The van der Waals surface area contributed by atoms with E-state index in [0.717, 1.165) is 25.7 Å². The van der Waals surface area contributed by atoms with Gasteiger partial charge in [-0.05, 0) is 25.7 Å². The van der Waals surface area contributed by atoms with Crippen LogP contribution < -0.4 is 0 Å². The van der Waals surface area contributed by atoms with Gasteiger partial charge in [0, 0.05) is 21.8 Å². The predicted octanol–water partition coefficient (Wildman–Crippen LogP) is 3.54. The number of hydrogen-bond donors (Lipinski definition) is 0. The van der Waals surface area contributed by atoms with Crippen LogP contribution in [0.4, 0.5) is 0 Å². The summed E-state index contributed by atoms with van der Waals surface area (Å²) >= 11 is 6.28. The molecule has 20 heavy (non-hydrogen) atoms. The van der Waals surface area contributed by atoms with Gasteiger partial charge < -0.3 is 9.47 Å². The monoisotopic (exact) mass is 410 g/mol. The van der Waals surface area contributed by atoms with Gasteiger partial charge in [0.15, 0.2) is 0 Å². The first-order valence-corrected chi connectivity index (χ1v) is 8.59.